The maximum atomic E-state index is 13.6. The molecule has 4 amide bonds. The van der Waals surface area contributed by atoms with Gasteiger partial charge in [0.1, 0.15) is 11.5 Å². The van der Waals surface area contributed by atoms with Crippen molar-refractivity contribution in [3.63, 3.8) is 0 Å². The van der Waals surface area contributed by atoms with Gasteiger partial charge in [0, 0.05) is 44.3 Å². The zero-order chi connectivity index (χ0) is 50.4. The van der Waals surface area contributed by atoms with Crippen molar-refractivity contribution in [3.05, 3.63) is 129 Å². The number of carbonyl (C=O) groups excluding carboxylic acids is 6. The summed E-state index contributed by atoms with van der Waals surface area (Å²) in [6, 6.07) is 19.7. The van der Waals surface area contributed by atoms with Crippen molar-refractivity contribution in [2.75, 3.05) is 34.5 Å². The number of anilines is 4. The molecule has 360 valence electrons. The van der Waals surface area contributed by atoms with Crippen LogP contribution in [0.1, 0.15) is 77.4 Å². The average Bonchev–Trinajstić information content (AvgIpc) is 3.30. The van der Waals surface area contributed by atoms with Gasteiger partial charge in [-0.15, -0.1) is 34.8 Å². The number of nitrogens with one attached hydrogen (secondary N) is 4. The second-order valence-electron chi connectivity index (χ2n) is 15.0. The number of carbonyl (C=O) groups is 6. The summed E-state index contributed by atoms with van der Waals surface area (Å²) >= 11 is 31.1. The van der Waals surface area contributed by atoms with Crippen LogP contribution in [0.15, 0.2) is 111 Å². The third-order valence-electron chi connectivity index (χ3n) is 9.64. The van der Waals surface area contributed by atoms with E-state index in [-0.39, 0.29) is 55.7 Å². The molecule has 0 saturated heterocycles. The van der Waals surface area contributed by atoms with E-state index >= 15 is 0 Å². The molecule has 3 atom stereocenters. The first-order valence-corrected chi connectivity index (χ1v) is 23.3. The molecule has 0 aromatic heterocycles. The first-order valence-electron chi connectivity index (χ1n) is 21.0. The third-order valence-corrected chi connectivity index (χ3v) is 10.9. The molecule has 4 N–H and O–H groups in total. The van der Waals surface area contributed by atoms with Crippen molar-refractivity contribution >= 4 is 127 Å². The molecule has 0 saturated carbocycles. The van der Waals surface area contributed by atoms with E-state index in [0.29, 0.717) is 41.7 Å². The second kappa shape index (κ2) is 25.3. The molecule has 5 aromatic rings. The molecule has 21 heteroatoms. The number of Topliss-reactive ketones (excluding diaryl/α,β-unsaturated/α-hetero) is 2. The lowest BCUT2D eigenvalue weighted by atomic mass is 10.1. The van der Waals surface area contributed by atoms with Crippen LogP contribution in [0.4, 0.5) is 34.1 Å². The lowest BCUT2D eigenvalue weighted by molar-refractivity contribution is -0.127. The van der Waals surface area contributed by atoms with Gasteiger partial charge in [-0.1, -0.05) is 35.3 Å². The maximum absolute atomic E-state index is 13.6. The van der Waals surface area contributed by atoms with Crippen LogP contribution in [0.2, 0.25) is 10.0 Å². The van der Waals surface area contributed by atoms with Crippen molar-refractivity contribution < 1.29 is 38.2 Å². The summed E-state index contributed by atoms with van der Waals surface area (Å²) in [4.78, 5) is 79.0. The zero-order valence-electron chi connectivity index (χ0n) is 37.7. The first kappa shape index (κ1) is 53.5. The Balaban J connectivity index is 1.28. The summed E-state index contributed by atoms with van der Waals surface area (Å²) < 4.78 is 11.3. The van der Waals surface area contributed by atoms with Crippen LogP contribution < -0.4 is 30.7 Å². The summed E-state index contributed by atoms with van der Waals surface area (Å²) in [5, 5.41) is 26.5. The fourth-order valence-corrected chi connectivity index (χ4v) is 7.32. The summed E-state index contributed by atoms with van der Waals surface area (Å²) in [5.74, 6) is -2.76. The number of azo groups is 2. The zero-order valence-corrected chi connectivity index (χ0v) is 41.4. The molecule has 3 unspecified atom stereocenters. The van der Waals surface area contributed by atoms with Crippen LogP contribution in [0.5, 0.6) is 11.5 Å². The van der Waals surface area contributed by atoms with Crippen LogP contribution in [-0.4, -0.2) is 60.5 Å². The quantitative estimate of drug-likeness (QED) is 0.0314. The number of nitrogens with zero attached hydrogens (tertiary/aromatic N) is 4. The highest BCUT2D eigenvalue weighted by Gasteiger charge is 2.27. The van der Waals surface area contributed by atoms with Gasteiger partial charge in [-0.25, -0.2) is 0 Å². The number of halogens is 5. The highest BCUT2D eigenvalue weighted by molar-refractivity contribution is 6.32. The normalized spacial score (nSPS) is 12.5. The van der Waals surface area contributed by atoms with Gasteiger partial charge < -0.3 is 30.7 Å². The fourth-order valence-electron chi connectivity index (χ4n) is 6.35. The minimum absolute atomic E-state index is 0.0788. The Bertz CT molecular complexity index is 2820. The molecule has 5 aromatic carbocycles. The highest BCUT2D eigenvalue weighted by atomic mass is 35.5. The Morgan fingerprint density at radius 3 is 1.41 bits per heavy atom. The lowest BCUT2D eigenvalue weighted by Gasteiger charge is -2.17. The molecule has 0 aliphatic heterocycles. The molecule has 0 heterocycles. The second-order valence-corrected chi connectivity index (χ2v) is 17.0. The molecule has 0 spiro atoms. The number of hydrogen-bond acceptors (Lipinski definition) is 12. The average molecular weight is 1040 g/mol. The summed E-state index contributed by atoms with van der Waals surface area (Å²) in [6.45, 7) is 8.23. The molecular weight excluding hydrogens is 994 g/mol. The topological polar surface area (TPSA) is 218 Å². The largest absolute Gasteiger partial charge is 0.492 e. The van der Waals surface area contributed by atoms with Crippen LogP contribution in [-0.2, 0) is 30.9 Å². The van der Waals surface area contributed by atoms with E-state index in [9.17, 15) is 28.8 Å². The van der Waals surface area contributed by atoms with E-state index in [1.807, 2.05) is 0 Å². The van der Waals surface area contributed by atoms with Gasteiger partial charge in [0.05, 0.1) is 41.3 Å². The van der Waals surface area contributed by atoms with Gasteiger partial charge in [0.25, 0.3) is 23.6 Å². The van der Waals surface area contributed by atoms with E-state index in [4.69, 9.17) is 67.5 Å². The standard InChI is InChI=1S/C48H45Cl5N8O8/c1-6-68-41-14-28(23-49)8-11-39(41)56-45(64)30-16-32(52)20-35(18-30)58-60-43(26(4)62)47(66)54-34-10-13-38(37(22-34)25(3)51)55-48(67)44(27(5)63)61-59-36-19-31(17-33(53)21-36)46(65)57-40-12-9-29(24-50)15-42(40)69-7-2/h8-22,25,43-44H,6-7,23-24H2,1-5H3,(H,54,66)(H,55,67)(H,56,64)(H,57,65). The van der Waals surface area contributed by atoms with E-state index in [2.05, 4.69) is 41.7 Å². The number of rotatable bonds is 21. The Labute approximate surface area is 422 Å². The van der Waals surface area contributed by atoms with Crippen molar-refractivity contribution in [2.24, 2.45) is 20.5 Å². The molecule has 69 heavy (non-hydrogen) atoms. The van der Waals surface area contributed by atoms with Gasteiger partial charge in [-0.3, -0.25) is 28.8 Å². The molecule has 5 rings (SSSR count). The van der Waals surface area contributed by atoms with Crippen LogP contribution in [0, 0.1) is 0 Å². The lowest BCUT2D eigenvalue weighted by Crippen LogP contribution is -2.32. The van der Waals surface area contributed by atoms with Crippen molar-refractivity contribution in [3.8, 4) is 11.5 Å². The van der Waals surface area contributed by atoms with Gasteiger partial charge in [-0.05, 0) is 130 Å². The van der Waals surface area contributed by atoms with Crippen LogP contribution >= 0.6 is 58.0 Å². The minimum Gasteiger partial charge on any atom is -0.492 e. The molecule has 0 aliphatic rings. The van der Waals surface area contributed by atoms with Gasteiger partial charge in [0.2, 0.25) is 12.1 Å². The highest BCUT2D eigenvalue weighted by Crippen LogP contribution is 2.33. The predicted octanol–water partition coefficient (Wildman–Crippen LogP) is 12.4. The van der Waals surface area contributed by atoms with Gasteiger partial charge in [-0.2, -0.15) is 20.5 Å². The number of alkyl halides is 3. The van der Waals surface area contributed by atoms with E-state index < -0.39 is 52.7 Å². The summed E-state index contributed by atoms with van der Waals surface area (Å²) in [5.41, 5.74) is 3.44. The van der Waals surface area contributed by atoms with Crippen molar-refractivity contribution in [2.45, 2.75) is 63.8 Å². The Morgan fingerprint density at radius 2 is 1.00 bits per heavy atom. The predicted molar refractivity (Wildman–Crippen MR) is 269 cm³/mol. The van der Waals surface area contributed by atoms with Gasteiger partial charge >= 0.3 is 0 Å². The molecular formula is C48H45Cl5N8O8. The van der Waals surface area contributed by atoms with Crippen LogP contribution in [0.25, 0.3) is 0 Å². The number of ether oxygens (including phenoxy) is 2. The third kappa shape index (κ3) is 15.0. The smallest absolute Gasteiger partial charge is 0.258 e. The number of ketones is 2. The Kier molecular flexibility index (Phi) is 19.6. The number of amides is 4. The van der Waals surface area contributed by atoms with Crippen LogP contribution in [0.3, 0.4) is 0 Å². The summed E-state index contributed by atoms with van der Waals surface area (Å²) in [6.07, 6.45) is 0. The first-order chi connectivity index (χ1) is 32.9. The maximum Gasteiger partial charge on any atom is 0.258 e. The minimum atomic E-state index is -1.64. The molecule has 0 fully saturated rings. The monoisotopic (exact) mass is 1040 g/mol. The van der Waals surface area contributed by atoms with E-state index in [1.54, 1.807) is 57.2 Å². The van der Waals surface area contributed by atoms with Crippen molar-refractivity contribution in [1.29, 1.82) is 0 Å². The molecule has 0 radical (unpaired) electrons. The van der Waals surface area contributed by atoms with E-state index in [1.165, 1.54) is 54.6 Å². The molecule has 0 aliphatic carbocycles. The Morgan fingerprint density at radius 1 is 0.565 bits per heavy atom. The Hall–Kier alpha value is -6.43. The fraction of sp³-hybridized carbons (Fsp3) is 0.250. The van der Waals surface area contributed by atoms with Gasteiger partial charge in [0.15, 0.2) is 11.6 Å². The molecule has 16 nitrogen and oxygen atoms in total. The molecule has 0 bridgehead atoms. The van der Waals surface area contributed by atoms with E-state index in [0.717, 1.165) is 25.0 Å². The summed E-state index contributed by atoms with van der Waals surface area (Å²) in [7, 11) is 0. The SMILES string of the molecule is CCOc1cc(CCl)ccc1NC(=O)c1cc(Cl)cc(N=NC(C(C)=O)C(=O)Nc2ccc(NC(=O)C(N=Nc3cc(Cl)cc(C(=O)Nc4ccc(CCl)cc4OCC)c3)C(C)=O)c(C(C)Cl)c2)c1. The number of hydrogen-bond donors (Lipinski definition) is 4. The number of benzene rings is 5. The van der Waals surface area contributed by atoms with Crippen molar-refractivity contribution in [1.82, 2.24) is 0 Å².